The molecule has 1 fully saturated rings. The number of likely N-dealkylation sites (tertiary alicyclic amines) is 1. The van der Waals surface area contributed by atoms with Crippen LogP contribution in [0.4, 0.5) is 0 Å². The molecule has 0 saturated carbocycles. The van der Waals surface area contributed by atoms with Gasteiger partial charge >= 0.3 is 5.97 Å². The molecule has 1 aromatic rings. The third-order valence-electron chi connectivity index (χ3n) is 4.83. The number of nitrogens with two attached hydrogens (primary N) is 1. The van der Waals surface area contributed by atoms with Crippen LogP contribution in [-0.2, 0) is 25.6 Å². The minimum atomic E-state index is -1.21. The first-order valence-corrected chi connectivity index (χ1v) is 10.1. The number of aliphatic carboxylic acids is 1. The number of rotatable bonds is 9. The molecule has 3 amide bonds. The zero-order valence-corrected chi connectivity index (χ0v) is 17.2. The van der Waals surface area contributed by atoms with Crippen molar-refractivity contribution in [3.05, 3.63) is 29.8 Å². The predicted octanol–water partition coefficient (Wildman–Crippen LogP) is -1.13. The van der Waals surface area contributed by atoms with E-state index in [1.807, 2.05) is 0 Å². The summed E-state index contributed by atoms with van der Waals surface area (Å²) >= 11 is 3.93. The first-order valence-electron chi connectivity index (χ1n) is 9.48. The van der Waals surface area contributed by atoms with Gasteiger partial charge in [-0.1, -0.05) is 12.1 Å². The van der Waals surface area contributed by atoms with Crippen LogP contribution in [0.3, 0.4) is 0 Å². The normalized spacial score (nSPS) is 17.8. The molecule has 164 valence electrons. The van der Waals surface area contributed by atoms with E-state index in [1.54, 1.807) is 12.1 Å². The summed E-state index contributed by atoms with van der Waals surface area (Å²) in [5.41, 5.74) is 6.06. The molecule has 0 aromatic heterocycles. The number of carbonyl (C=O) groups is 4. The number of benzene rings is 1. The lowest BCUT2D eigenvalue weighted by Crippen LogP contribution is -2.56. The number of aromatic hydroxyl groups is 1. The van der Waals surface area contributed by atoms with Crippen LogP contribution >= 0.6 is 12.6 Å². The van der Waals surface area contributed by atoms with Gasteiger partial charge in [0.05, 0.1) is 6.54 Å². The van der Waals surface area contributed by atoms with Crippen molar-refractivity contribution in [1.29, 1.82) is 0 Å². The Balaban J connectivity index is 2.17. The summed E-state index contributed by atoms with van der Waals surface area (Å²) in [7, 11) is 0. The number of hydrogen-bond acceptors (Lipinski definition) is 7. The number of thiol groups is 1. The van der Waals surface area contributed by atoms with Crippen LogP contribution in [0.15, 0.2) is 24.3 Å². The number of carboxylic acids is 1. The molecule has 1 aromatic carbocycles. The second kappa shape index (κ2) is 10.8. The van der Waals surface area contributed by atoms with Crippen molar-refractivity contribution in [2.24, 2.45) is 5.73 Å². The quantitative estimate of drug-likeness (QED) is 0.266. The molecule has 6 N–H and O–H groups in total. The Morgan fingerprint density at radius 1 is 1.17 bits per heavy atom. The summed E-state index contributed by atoms with van der Waals surface area (Å²) in [6.45, 7) is 0.00557. The Morgan fingerprint density at radius 3 is 2.40 bits per heavy atom. The standard InChI is InChI=1S/C19H26N4O6S/c20-9-16(25)21-13(8-11-3-5-12(24)6-4-11)18(27)23-7-1-2-15(23)17(26)22-14(10-30)19(28)29/h3-6,13-15,24,30H,1-2,7-10,20H2,(H,21,25)(H,22,26)(H,28,29). The third kappa shape index (κ3) is 6.10. The Bertz CT molecular complexity index is 788. The summed E-state index contributed by atoms with van der Waals surface area (Å²) < 4.78 is 0. The molecule has 1 aliphatic heterocycles. The molecule has 1 saturated heterocycles. The average Bonchev–Trinajstić information content (AvgIpc) is 3.22. The van der Waals surface area contributed by atoms with Crippen molar-refractivity contribution >= 4 is 36.3 Å². The van der Waals surface area contributed by atoms with E-state index >= 15 is 0 Å². The van der Waals surface area contributed by atoms with E-state index in [9.17, 15) is 24.3 Å². The highest BCUT2D eigenvalue weighted by atomic mass is 32.1. The maximum Gasteiger partial charge on any atom is 0.327 e. The Labute approximate surface area is 179 Å². The van der Waals surface area contributed by atoms with Crippen molar-refractivity contribution in [3.63, 3.8) is 0 Å². The van der Waals surface area contributed by atoms with Crippen LogP contribution in [-0.4, -0.2) is 75.8 Å². The van der Waals surface area contributed by atoms with Gasteiger partial charge in [-0.2, -0.15) is 12.6 Å². The minimum absolute atomic E-state index is 0.0704. The lowest BCUT2D eigenvalue weighted by atomic mass is 10.0. The fourth-order valence-corrected chi connectivity index (χ4v) is 3.53. The highest BCUT2D eigenvalue weighted by Crippen LogP contribution is 2.20. The van der Waals surface area contributed by atoms with Gasteiger partial charge in [0.25, 0.3) is 0 Å². The van der Waals surface area contributed by atoms with Crippen LogP contribution in [0, 0.1) is 0 Å². The van der Waals surface area contributed by atoms with Gasteiger partial charge in [0, 0.05) is 18.7 Å². The number of carboxylic acid groups (broad SMARTS) is 1. The van der Waals surface area contributed by atoms with Crippen molar-refractivity contribution in [2.45, 2.75) is 37.4 Å². The van der Waals surface area contributed by atoms with Gasteiger partial charge in [-0.3, -0.25) is 14.4 Å². The maximum atomic E-state index is 13.2. The van der Waals surface area contributed by atoms with E-state index in [2.05, 4.69) is 23.3 Å². The second-order valence-corrected chi connectivity index (χ2v) is 7.33. The number of amides is 3. The molecule has 0 aliphatic carbocycles. The molecular weight excluding hydrogens is 412 g/mol. The summed E-state index contributed by atoms with van der Waals surface area (Å²) in [5, 5.41) is 23.5. The first-order chi connectivity index (χ1) is 14.3. The number of nitrogens with zero attached hydrogens (tertiary/aromatic N) is 1. The largest absolute Gasteiger partial charge is 0.508 e. The molecule has 0 bridgehead atoms. The van der Waals surface area contributed by atoms with Gasteiger partial charge in [0.2, 0.25) is 17.7 Å². The highest BCUT2D eigenvalue weighted by Gasteiger charge is 2.38. The molecule has 30 heavy (non-hydrogen) atoms. The van der Waals surface area contributed by atoms with Crippen molar-refractivity contribution in [1.82, 2.24) is 15.5 Å². The van der Waals surface area contributed by atoms with E-state index < -0.39 is 41.8 Å². The minimum Gasteiger partial charge on any atom is -0.508 e. The van der Waals surface area contributed by atoms with Crippen LogP contribution in [0.2, 0.25) is 0 Å². The SMILES string of the molecule is NCC(=O)NC(Cc1ccc(O)cc1)C(=O)N1CCCC1C(=O)NC(CS)C(=O)O. The van der Waals surface area contributed by atoms with Crippen LogP contribution in [0.5, 0.6) is 5.75 Å². The lowest BCUT2D eigenvalue weighted by molar-refractivity contribution is -0.144. The monoisotopic (exact) mass is 438 g/mol. The number of nitrogens with one attached hydrogen (secondary N) is 2. The molecule has 11 heteroatoms. The molecule has 2 rings (SSSR count). The molecule has 3 atom stereocenters. The second-order valence-electron chi connectivity index (χ2n) is 6.97. The first kappa shape index (κ1) is 23.5. The zero-order valence-electron chi connectivity index (χ0n) is 16.3. The molecular formula is C19H26N4O6S. The van der Waals surface area contributed by atoms with Crippen LogP contribution in [0.1, 0.15) is 18.4 Å². The van der Waals surface area contributed by atoms with Gasteiger partial charge < -0.3 is 31.5 Å². The molecule has 0 radical (unpaired) electrons. The third-order valence-corrected chi connectivity index (χ3v) is 5.20. The molecule has 1 heterocycles. The summed E-state index contributed by atoms with van der Waals surface area (Å²) in [6.07, 6.45) is 1.09. The molecule has 3 unspecified atom stereocenters. The highest BCUT2D eigenvalue weighted by molar-refractivity contribution is 7.80. The number of hydrogen-bond donors (Lipinski definition) is 6. The Kier molecular flexibility index (Phi) is 8.48. The molecule has 0 spiro atoms. The van der Waals surface area contributed by atoms with Gasteiger partial charge in [-0.05, 0) is 30.5 Å². The van der Waals surface area contributed by atoms with Gasteiger partial charge in [-0.25, -0.2) is 4.79 Å². The topological polar surface area (TPSA) is 162 Å². The number of phenols is 1. The fraction of sp³-hybridized carbons (Fsp3) is 0.474. The molecule has 1 aliphatic rings. The van der Waals surface area contributed by atoms with Gasteiger partial charge in [0.1, 0.15) is 23.9 Å². The smallest absolute Gasteiger partial charge is 0.327 e. The van der Waals surface area contributed by atoms with Crippen molar-refractivity contribution in [3.8, 4) is 5.75 Å². The maximum absolute atomic E-state index is 13.2. The van der Waals surface area contributed by atoms with E-state index in [1.165, 1.54) is 17.0 Å². The van der Waals surface area contributed by atoms with E-state index in [0.29, 0.717) is 24.9 Å². The molecule has 10 nitrogen and oxygen atoms in total. The fourth-order valence-electron chi connectivity index (χ4n) is 3.28. The zero-order chi connectivity index (χ0) is 22.3. The number of phenolic OH excluding ortho intramolecular Hbond substituents is 1. The van der Waals surface area contributed by atoms with Gasteiger partial charge in [-0.15, -0.1) is 0 Å². The van der Waals surface area contributed by atoms with Gasteiger partial charge in [0.15, 0.2) is 0 Å². The predicted molar refractivity (Wildman–Crippen MR) is 111 cm³/mol. The van der Waals surface area contributed by atoms with E-state index in [-0.39, 0.29) is 24.5 Å². The van der Waals surface area contributed by atoms with Crippen molar-refractivity contribution < 1.29 is 29.4 Å². The summed E-state index contributed by atoms with van der Waals surface area (Å²) in [5.74, 6) is -2.78. The summed E-state index contributed by atoms with van der Waals surface area (Å²) in [6, 6.07) is 3.23. The van der Waals surface area contributed by atoms with Crippen LogP contribution in [0.25, 0.3) is 0 Å². The average molecular weight is 439 g/mol. The number of carbonyl (C=O) groups excluding carboxylic acids is 3. The van der Waals surface area contributed by atoms with Crippen LogP contribution < -0.4 is 16.4 Å². The Hall–Kier alpha value is -2.79. The Morgan fingerprint density at radius 2 is 1.83 bits per heavy atom. The van der Waals surface area contributed by atoms with E-state index in [4.69, 9.17) is 10.8 Å². The summed E-state index contributed by atoms with van der Waals surface area (Å²) in [4.78, 5) is 50.2. The van der Waals surface area contributed by atoms with E-state index in [0.717, 1.165) is 0 Å². The van der Waals surface area contributed by atoms with Crippen molar-refractivity contribution in [2.75, 3.05) is 18.8 Å². The lowest BCUT2D eigenvalue weighted by Gasteiger charge is -2.29.